The number of benzene rings is 1. The van der Waals surface area contributed by atoms with Crippen molar-refractivity contribution >= 4 is 28.2 Å². The van der Waals surface area contributed by atoms with Crippen LogP contribution >= 0.6 is 11.3 Å². The number of hydrogen-bond acceptors (Lipinski definition) is 4. The van der Waals surface area contributed by atoms with Gasteiger partial charge in [0, 0.05) is 17.5 Å². The van der Waals surface area contributed by atoms with Gasteiger partial charge in [0.2, 0.25) is 0 Å². The van der Waals surface area contributed by atoms with Gasteiger partial charge in [0.15, 0.2) is 0 Å². The fraction of sp³-hybridized carbons (Fsp3) is 0.333. The lowest BCUT2D eigenvalue weighted by atomic mass is 9.95. The average Bonchev–Trinajstić information content (AvgIpc) is 2.98. The maximum absolute atomic E-state index is 12.6. The number of amides is 2. The summed E-state index contributed by atoms with van der Waals surface area (Å²) in [5, 5.41) is 6.23. The first-order chi connectivity index (χ1) is 11.6. The Morgan fingerprint density at radius 2 is 1.96 bits per heavy atom. The van der Waals surface area contributed by atoms with Crippen LogP contribution in [0.15, 0.2) is 24.3 Å². The summed E-state index contributed by atoms with van der Waals surface area (Å²) in [5.41, 5.74) is 2.21. The third kappa shape index (κ3) is 3.14. The highest BCUT2D eigenvalue weighted by Gasteiger charge is 2.26. The zero-order chi connectivity index (χ0) is 17.1. The second-order valence-electron chi connectivity index (χ2n) is 5.68. The fourth-order valence-electron chi connectivity index (χ4n) is 2.96. The first-order valence-electron chi connectivity index (χ1n) is 7.96. The predicted molar refractivity (Wildman–Crippen MR) is 95.3 cm³/mol. The van der Waals surface area contributed by atoms with Crippen molar-refractivity contribution in [1.82, 2.24) is 5.32 Å². The molecule has 0 saturated carbocycles. The molecule has 1 heterocycles. The zero-order valence-electron chi connectivity index (χ0n) is 13.8. The molecule has 0 saturated heterocycles. The molecule has 1 aromatic heterocycles. The Hall–Kier alpha value is -2.34. The van der Waals surface area contributed by atoms with Crippen LogP contribution in [-0.4, -0.2) is 26.0 Å². The number of nitrogens with one attached hydrogen (secondary N) is 2. The molecule has 6 heteroatoms. The Balaban J connectivity index is 1.92. The van der Waals surface area contributed by atoms with Crippen LogP contribution in [0.4, 0.5) is 5.00 Å². The number of anilines is 1. The van der Waals surface area contributed by atoms with E-state index in [4.69, 9.17) is 4.74 Å². The van der Waals surface area contributed by atoms with Crippen LogP contribution in [0.25, 0.3) is 0 Å². The molecule has 0 aliphatic heterocycles. The summed E-state index contributed by atoms with van der Waals surface area (Å²) in [6, 6.07) is 6.97. The first kappa shape index (κ1) is 16.5. The Morgan fingerprint density at radius 1 is 1.17 bits per heavy atom. The molecule has 1 aliphatic carbocycles. The lowest BCUT2D eigenvalue weighted by molar-refractivity contribution is 0.0963. The second-order valence-corrected chi connectivity index (χ2v) is 6.79. The van der Waals surface area contributed by atoms with Crippen LogP contribution < -0.4 is 15.4 Å². The maximum atomic E-state index is 12.6. The SMILES string of the molecule is CNC(=O)c1c(NC(=O)c2cccc(OC)c2)sc2c1CCCC2. The van der Waals surface area contributed by atoms with E-state index in [1.165, 1.54) is 16.2 Å². The molecule has 126 valence electrons. The number of thiophene rings is 1. The highest BCUT2D eigenvalue weighted by Crippen LogP contribution is 2.38. The summed E-state index contributed by atoms with van der Waals surface area (Å²) < 4.78 is 5.16. The summed E-state index contributed by atoms with van der Waals surface area (Å²) in [4.78, 5) is 26.1. The zero-order valence-corrected chi connectivity index (χ0v) is 14.6. The third-order valence-corrected chi connectivity index (χ3v) is 5.39. The number of ether oxygens (including phenoxy) is 1. The monoisotopic (exact) mass is 344 g/mol. The Labute approximate surface area is 145 Å². The molecule has 24 heavy (non-hydrogen) atoms. The normalized spacial score (nSPS) is 13.1. The second kappa shape index (κ2) is 7.05. The lowest BCUT2D eigenvalue weighted by Gasteiger charge is -2.12. The molecular weight excluding hydrogens is 324 g/mol. The van der Waals surface area contributed by atoms with Crippen molar-refractivity contribution < 1.29 is 14.3 Å². The predicted octanol–water partition coefficient (Wildman–Crippen LogP) is 3.25. The van der Waals surface area contributed by atoms with Crippen molar-refractivity contribution in [3.8, 4) is 5.75 Å². The Morgan fingerprint density at radius 3 is 2.71 bits per heavy atom. The smallest absolute Gasteiger partial charge is 0.256 e. The van der Waals surface area contributed by atoms with Crippen molar-refractivity contribution in [3.63, 3.8) is 0 Å². The minimum absolute atomic E-state index is 0.143. The molecule has 0 spiro atoms. The largest absolute Gasteiger partial charge is 0.497 e. The molecule has 2 aromatic rings. The van der Waals surface area contributed by atoms with Crippen LogP contribution in [0.5, 0.6) is 5.75 Å². The van der Waals surface area contributed by atoms with Gasteiger partial charge in [-0.2, -0.15) is 0 Å². The van der Waals surface area contributed by atoms with Crippen LogP contribution in [0.1, 0.15) is 44.0 Å². The summed E-state index contributed by atoms with van der Waals surface area (Å²) >= 11 is 1.51. The van der Waals surface area contributed by atoms with E-state index in [1.54, 1.807) is 38.4 Å². The topological polar surface area (TPSA) is 67.4 Å². The van der Waals surface area contributed by atoms with Gasteiger partial charge in [-0.25, -0.2) is 0 Å². The summed E-state index contributed by atoms with van der Waals surface area (Å²) in [6.45, 7) is 0. The molecule has 0 bridgehead atoms. The fourth-order valence-corrected chi connectivity index (χ4v) is 4.24. The maximum Gasteiger partial charge on any atom is 0.256 e. The highest BCUT2D eigenvalue weighted by atomic mass is 32.1. The van der Waals surface area contributed by atoms with Crippen molar-refractivity contribution in [2.75, 3.05) is 19.5 Å². The molecule has 1 aliphatic rings. The van der Waals surface area contributed by atoms with Crippen molar-refractivity contribution in [2.24, 2.45) is 0 Å². The summed E-state index contributed by atoms with van der Waals surface area (Å²) in [6.07, 6.45) is 4.07. The van der Waals surface area contributed by atoms with Gasteiger partial charge in [0.05, 0.1) is 12.7 Å². The molecule has 1 aromatic carbocycles. The number of fused-ring (bicyclic) bond motifs is 1. The molecule has 0 fully saturated rings. The van der Waals surface area contributed by atoms with E-state index in [9.17, 15) is 9.59 Å². The van der Waals surface area contributed by atoms with Gasteiger partial charge < -0.3 is 15.4 Å². The van der Waals surface area contributed by atoms with Gasteiger partial charge in [-0.3, -0.25) is 9.59 Å². The number of hydrogen-bond donors (Lipinski definition) is 2. The number of aryl methyl sites for hydroxylation is 1. The van der Waals surface area contributed by atoms with Crippen molar-refractivity contribution in [3.05, 3.63) is 45.8 Å². The summed E-state index contributed by atoms with van der Waals surface area (Å²) in [5.74, 6) is 0.243. The van der Waals surface area contributed by atoms with Crippen LogP contribution in [0.2, 0.25) is 0 Å². The van der Waals surface area contributed by atoms with Gasteiger partial charge in [0.25, 0.3) is 11.8 Å². The molecule has 0 unspecified atom stereocenters. The van der Waals surface area contributed by atoms with Gasteiger partial charge in [-0.05, 0) is 49.4 Å². The molecular formula is C18H20N2O3S. The van der Waals surface area contributed by atoms with Gasteiger partial charge >= 0.3 is 0 Å². The van der Waals surface area contributed by atoms with E-state index in [1.807, 2.05) is 0 Å². The third-order valence-electron chi connectivity index (χ3n) is 4.18. The molecule has 2 amide bonds. The lowest BCUT2D eigenvalue weighted by Crippen LogP contribution is -2.22. The average molecular weight is 344 g/mol. The molecule has 0 atom stereocenters. The Bertz CT molecular complexity index is 783. The molecule has 0 radical (unpaired) electrons. The van der Waals surface area contributed by atoms with E-state index in [-0.39, 0.29) is 11.8 Å². The quantitative estimate of drug-likeness (QED) is 0.895. The number of carbonyl (C=O) groups excluding carboxylic acids is 2. The van der Waals surface area contributed by atoms with E-state index >= 15 is 0 Å². The van der Waals surface area contributed by atoms with E-state index in [0.717, 1.165) is 31.2 Å². The minimum Gasteiger partial charge on any atom is -0.497 e. The summed E-state index contributed by atoms with van der Waals surface area (Å²) in [7, 11) is 3.18. The van der Waals surface area contributed by atoms with Crippen LogP contribution in [0.3, 0.4) is 0 Å². The van der Waals surface area contributed by atoms with Crippen LogP contribution in [-0.2, 0) is 12.8 Å². The van der Waals surface area contributed by atoms with Crippen molar-refractivity contribution in [2.45, 2.75) is 25.7 Å². The Kier molecular flexibility index (Phi) is 4.85. The number of rotatable bonds is 4. The molecule has 5 nitrogen and oxygen atoms in total. The van der Waals surface area contributed by atoms with E-state index in [2.05, 4.69) is 10.6 Å². The van der Waals surface area contributed by atoms with E-state index in [0.29, 0.717) is 21.9 Å². The van der Waals surface area contributed by atoms with Gasteiger partial charge in [0.1, 0.15) is 10.8 Å². The van der Waals surface area contributed by atoms with Crippen LogP contribution in [0, 0.1) is 0 Å². The van der Waals surface area contributed by atoms with Gasteiger partial charge in [-0.15, -0.1) is 11.3 Å². The minimum atomic E-state index is -0.238. The standard InChI is InChI=1S/C18H20N2O3S/c1-19-17(22)15-13-8-3-4-9-14(13)24-18(15)20-16(21)11-6-5-7-12(10-11)23-2/h5-7,10H,3-4,8-9H2,1-2H3,(H,19,22)(H,20,21). The number of methoxy groups -OCH3 is 1. The molecule has 2 N–H and O–H groups in total. The first-order valence-corrected chi connectivity index (χ1v) is 8.77. The number of carbonyl (C=O) groups is 2. The van der Waals surface area contributed by atoms with E-state index < -0.39 is 0 Å². The highest BCUT2D eigenvalue weighted by molar-refractivity contribution is 7.17. The van der Waals surface area contributed by atoms with Crippen molar-refractivity contribution in [1.29, 1.82) is 0 Å². The molecule has 3 rings (SSSR count). The van der Waals surface area contributed by atoms with Gasteiger partial charge in [-0.1, -0.05) is 6.07 Å².